The summed E-state index contributed by atoms with van der Waals surface area (Å²) in [5.41, 5.74) is 6.59. The molecule has 0 saturated heterocycles. The van der Waals surface area contributed by atoms with Gasteiger partial charge in [-0.05, 0) is 23.9 Å². The summed E-state index contributed by atoms with van der Waals surface area (Å²) < 4.78 is 0. The number of amides is 2. The fraction of sp³-hybridized carbons (Fsp3) is 0.267. The maximum atomic E-state index is 11.9. The van der Waals surface area contributed by atoms with E-state index in [4.69, 9.17) is 10.8 Å². The van der Waals surface area contributed by atoms with Gasteiger partial charge >= 0.3 is 5.97 Å². The van der Waals surface area contributed by atoms with Crippen molar-refractivity contribution in [1.29, 1.82) is 0 Å². The molecule has 5 N–H and O–H groups in total. The third kappa shape index (κ3) is 4.08. The molecule has 1 aromatic heterocycles. The van der Waals surface area contributed by atoms with Gasteiger partial charge in [0.15, 0.2) is 0 Å². The number of aliphatic carboxylic acids is 1. The van der Waals surface area contributed by atoms with Gasteiger partial charge in [-0.1, -0.05) is 18.2 Å². The third-order valence-electron chi connectivity index (χ3n) is 3.25. The Morgan fingerprint density at radius 3 is 2.64 bits per heavy atom. The molecule has 2 rings (SSSR count). The van der Waals surface area contributed by atoms with Crippen LogP contribution in [0, 0.1) is 0 Å². The number of carboxylic acids is 1. The average Bonchev–Trinajstić information content (AvgIpc) is 2.84. The number of nitrogens with one attached hydrogen (secondary N) is 2. The summed E-state index contributed by atoms with van der Waals surface area (Å²) in [7, 11) is 0. The molecule has 0 fully saturated rings. The summed E-state index contributed by atoms with van der Waals surface area (Å²) in [6, 6.07) is 8.30. The van der Waals surface area contributed by atoms with Crippen LogP contribution in [0.15, 0.2) is 30.3 Å². The van der Waals surface area contributed by atoms with E-state index in [-0.39, 0.29) is 19.3 Å². The van der Waals surface area contributed by atoms with Gasteiger partial charge in [0.05, 0.1) is 6.42 Å². The lowest BCUT2D eigenvalue weighted by molar-refractivity contribution is -0.142. The number of rotatable bonds is 7. The van der Waals surface area contributed by atoms with Crippen molar-refractivity contribution in [2.45, 2.75) is 25.3 Å². The van der Waals surface area contributed by atoms with Crippen LogP contribution in [0.4, 0.5) is 0 Å². The predicted molar refractivity (Wildman–Crippen MR) is 80.0 cm³/mol. The maximum Gasteiger partial charge on any atom is 0.326 e. The van der Waals surface area contributed by atoms with E-state index in [1.54, 1.807) is 0 Å². The number of fused-ring (bicyclic) bond motifs is 1. The van der Waals surface area contributed by atoms with E-state index in [9.17, 15) is 14.4 Å². The van der Waals surface area contributed by atoms with Crippen LogP contribution in [0.5, 0.6) is 0 Å². The molecule has 0 aliphatic rings. The number of hydrogen-bond donors (Lipinski definition) is 4. The molecule has 7 nitrogen and oxygen atoms in total. The molecule has 0 aliphatic heterocycles. The summed E-state index contributed by atoms with van der Waals surface area (Å²) in [6.45, 7) is 0. The molecular formula is C15H17N3O4. The summed E-state index contributed by atoms with van der Waals surface area (Å²) in [5, 5.41) is 12.4. The van der Waals surface area contributed by atoms with Gasteiger partial charge in [0.25, 0.3) is 0 Å². The van der Waals surface area contributed by atoms with Crippen LogP contribution in [0.3, 0.4) is 0 Å². The molecule has 0 aliphatic carbocycles. The SMILES string of the molecule is NC(=O)CCC(NC(=O)Cc1cc2ccccc2[nH]1)C(=O)O. The first kappa shape index (κ1) is 15.6. The molecule has 116 valence electrons. The lowest BCUT2D eigenvalue weighted by atomic mass is 10.1. The first-order valence-electron chi connectivity index (χ1n) is 6.83. The first-order chi connectivity index (χ1) is 10.5. The summed E-state index contributed by atoms with van der Waals surface area (Å²) in [5.74, 6) is -2.22. The van der Waals surface area contributed by atoms with Crippen molar-refractivity contribution in [1.82, 2.24) is 10.3 Å². The Morgan fingerprint density at radius 2 is 2.00 bits per heavy atom. The quantitative estimate of drug-likeness (QED) is 0.595. The molecule has 2 amide bonds. The lowest BCUT2D eigenvalue weighted by Gasteiger charge is -2.13. The van der Waals surface area contributed by atoms with Crippen LogP contribution in [-0.4, -0.2) is 33.9 Å². The van der Waals surface area contributed by atoms with Crippen molar-refractivity contribution in [3.8, 4) is 0 Å². The third-order valence-corrected chi connectivity index (χ3v) is 3.25. The molecular weight excluding hydrogens is 286 g/mol. The molecule has 0 radical (unpaired) electrons. The van der Waals surface area contributed by atoms with Crippen molar-refractivity contribution in [3.63, 3.8) is 0 Å². The minimum atomic E-state index is -1.19. The standard InChI is InChI=1S/C15H17N3O4/c16-13(19)6-5-12(15(21)22)18-14(20)8-10-7-9-3-1-2-4-11(9)17-10/h1-4,7,12,17H,5-6,8H2,(H2,16,19)(H,18,20)(H,21,22). The monoisotopic (exact) mass is 303 g/mol. The fourth-order valence-corrected chi connectivity index (χ4v) is 2.19. The van der Waals surface area contributed by atoms with Crippen molar-refractivity contribution in [2.75, 3.05) is 0 Å². The molecule has 1 heterocycles. The van der Waals surface area contributed by atoms with E-state index in [0.717, 1.165) is 10.9 Å². The second kappa shape index (κ2) is 6.75. The van der Waals surface area contributed by atoms with Crippen molar-refractivity contribution in [2.24, 2.45) is 5.73 Å². The van der Waals surface area contributed by atoms with Crippen LogP contribution >= 0.6 is 0 Å². The van der Waals surface area contributed by atoms with Crippen LogP contribution in [0.1, 0.15) is 18.5 Å². The van der Waals surface area contributed by atoms with E-state index in [0.29, 0.717) is 5.69 Å². The number of H-pyrrole nitrogens is 1. The highest BCUT2D eigenvalue weighted by atomic mass is 16.4. The van der Waals surface area contributed by atoms with E-state index in [2.05, 4.69) is 10.3 Å². The number of nitrogens with two attached hydrogens (primary N) is 1. The van der Waals surface area contributed by atoms with Crippen molar-refractivity contribution < 1.29 is 19.5 Å². The van der Waals surface area contributed by atoms with Gasteiger partial charge < -0.3 is 21.1 Å². The Kier molecular flexibility index (Phi) is 4.77. The molecule has 7 heteroatoms. The molecule has 0 saturated carbocycles. The molecule has 22 heavy (non-hydrogen) atoms. The Labute approximate surface area is 126 Å². The summed E-state index contributed by atoms with van der Waals surface area (Å²) in [4.78, 5) is 36.8. The normalized spacial score (nSPS) is 12.0. The van der Waals surface area contributed by atoms with Gasteiger partial charge in [-0.3, -0.25) is 9.59 Å². The van der Waals surface area contributed by atoms with E-state index in [1.807, 2.05) is 30.3 Å². The molecule has 1 aromatic carbocycles. The number of primary amides is 1. The zero-order valence-electron chi connectivity index (χ0n) is 11.8. The number of carboxylic acid groups (broad SMARTS) is 1. The number of hydrogen-bond acceptors (Lipinski definition) is 3. The highest BCUT2D eigenvalue weighted by molar-refractivity contribution is 5.87. The summed E-state index contributed by atoms with van der Waals surface area (Å²) in [6.07, 6.45) is -0.0816. The van der Waals surface area contributed by atoms with Gasteiger partial charge in [0.1, 0.15) is 6.04 Å². The molecule has 1 unspecified atom stereocenters. The van der Waals surface area contributed by atoms with Gasteiger partial charge in [-0.25, -0.2) is 4.79 Å². The van der Waals surface area contributed by atoms with Gasteiger partial charge in [0, 0.05) is 17.6 Å². The highest BCUT2D eigenvalue weighted by Crippen LogP contribution is 2.15. The number of aromatic amines is 1. The minimum Gasteiger partial charge on any atom is -0.480 e. The number of para-hydroxylation sites is 1. The second-order valence-electron chi connectivity index (χ2n) is 5.02. The van der Waals surface area contributed by atoms with Crippen LogP contribution in [-0.2, 0) is 20.8 Å². The van der Waals surface area contributed by atoms with Crippen LogP contribution < -0.4 is 11.1 Å². The number of carbonyl (C=O) groups is 3. The van der Waals surface area contributed by atoms with Gasteiger partial charge in [-0.2, -0.15) is 0 Å². The number of carbonyl (C=O) groups excluding carboxylic acids is 2. The zero-order valence-corrected chi connectivity index (χ0v) is 11.8. The average molecular weight is 303 g/mol. The Hall–Kier alpha value is -2.83. The molecule has 0 spiro atoms. The minimum absolute atomic E-state index is 0.0247. The van der Waals surface area contributed by atoms with E-state index in [1.165, 1.54) is 0 Å². The van der Waals surface area contributed by atoms with E-state index < -0.39 is 23.8 Å². The highest BCUT2D eigenvalue weighted by Gasteiger charge is 2.20. The Morgan fingerprint density at radius 1 is 1.27 bits per heavy atom. The Bertz CT molecular complexity index is 675. The predicted octanol–water partition coefficient (Wildman–Crippen LogP) is 0.545. The maximum absolute atomic E-state index is 11.9. The molecule has 0 bridgehead atoms. The lowest BCUT2D eigenvalue weighted by Crippen LogP contribution is -2.42. The van der Waals surface area contributed by atoms with Crippen molar-refractivity contribution in [3.05, 3.63) is 36.0 Å². The first-order valence-corrected chi connectivity index (χ1v) is 6.83. The second-order valence-corrected chi connectivity index (χ2v) is 5.02. The van der Waals surface area contributed by atoms with Gasteiger partial charge in [-0.15, -0.1) is 0 Å². The largest absolute Gasteiger partial charge is 0.480 e. The number of benzene rings is 1. The van der Waals surface area contributed by atoms with Gasteiger partial charge in [0.2, 0.25) is 11.8 Å². The summed E-state index contributed by atoms with van der Waals surface area (Å²) >= 11 is 0. The molecule has 2 aromatic rings. The molecule has 1 atom stereocenters. The smallest absolute Gasteiger partial charge is 0.326 e. The van der Waals surface area contributed by atoms with Crippen LogP contribution in [0.2, 0.25) is 0 Å². The van der Waals surface area contributed by atoms with Crippen LogP contribution in [0.25, 0.3) is 10.9 Å². The Balaban J connectivity index is 1.98. The van der Waals surface area contributed by atoms with E-state index >= 15 is 0 Å². The van der Waals surface area contributed by atoms with Crippen molar-refractivity contribution >= 4 is 28.7 Å². The number of aromatic nitrogens is 1. The fourth-order valence-electron chi connectivity index (χ4n) is 2.19. The zero-order chi connectivity index (χ0) is 16.1. The topological polar surface area (TPSA) is 125 Å².